The summed E-state index contributed by atoms with van der Waals surface area (Å²) in [7, 11) is 7.07. The van der Waals surface area contributed by atoms with Crippen molar-refractivity contribution in [3.63, 3.8) is 0 Å². The summed E-state index contributed by atoms with van der Waals surface area (Å²) in [5.41, 5.74) is 2.67. The summed E-state index contributed by atoms with van der Waals surface area (Å²) in [5.74, 6) is 0.833. The van der Waals surface area contributed by atoms with Gasteiger partial charge in [0.25, 0.3) is 0 Å². The third kappa shape index (κ3) is 5.72. The van der Waals surface area contributed by atoms with E-state index in [1.54, 1.807) is 50.4 Å². The second kappa shape index (κ2) is 11.1. The van der Waals surface area contributed by atoms with Gasteiger partial charge in [0, 0.05) is 44.0 Å². The van der Waals surface area contributed by atoms with E-state index in [2.05, 4.69) is 30.7 Å². The van der Waals surface area contributed by atoms with Crippen molar-refractivity contribution in [2.75, 3.05) is 31.8 Å². The van der Waals surface area contributed by atoms with Gasteiger partial charge in [-0.15, -0.1) is 0 Å². The molecule has 4 aromatic rings. The molecule has 0 spiro atoms. The van der Waals surface area contributed by atoms with Crippen LogP contribution in [0.5, 0.6) is 5.75 Å². The van der Waals surface area contributed by atoms with E-state index in [0.29, 0.717) is 58.4 Å². The maximum absolute atomic E-state index is 15.1. The summed E-state index contributed by atoms with van der Waals surface area (Å²) < 4.78 is 22.4. The molecule has 3 aromatic heterocycles. The average molecular weight is 505 g/mol. The van der Waals surface area contributed by atoms with E-state index < -0.39 is 5.82 Å². The second-order valence-corrected chi connectivity index (χ2v) is 8.64. The number of halogens is 1. The van der Waals surface area contributed by atoms with Crippen LogP contribution in [0.3, 0.4) is 0 Å². The van der Waals surface area contributed by atoms with Crippen LogP contribution in [-0.2, 0) is 13.6 Å². The van der Waals surface area contributed by atoms with Crippen molar-refractivity contribution >= 4 is 28.8 Å². The van der Waals surface area contributed by atoms with Crippen LogP contribution in [0.15, 0.2) is 49.1 Å². The van der Waals surface area contributed by atoms with Crippen LogP contribution in [-0.4, -0.2) is 56.6 Å². The second-order valence-electron chi connectivity index (χ2n) is 8.64. The minimum absolute atomic E-state index is 0.0492. The van der Waals surface area contributed by atoms with E-state index in [-0.39, 0.29) is 11.6 Å². The van der Waals surface area contributed by atoms with Gasteiger partial charge in [0.15, 0.2) is 29.0 Å². The predicted molar refractivity (Wildman–Crippen MR) is 140 cm³/mol. The highest BCUT2D eigenvalue weighted by molar-refractivity contribution is 6.02. The smallest absolute Gasteiger partial charge is 0.184 e. The monoisotopic (exact) mass is 504 g/mol. The first-order chi connectivity index (χ1) is 17.8. The van der Waals surface area contributed by atoms with Crippen molar-refractivity contribution in [3.05, 3.63) is 66.0 Å². The van der Waals surface area contributed by atoms with Gasteiger partial charge in [0.2, 0.25) is 0 Å². The number of hydrogen-bond donors (Lipinski definition) is 2. The number of anilines is 4. The standard InChI is InChI=1S/C26H29FN8O2/c1-6-21(36)18-13-29-22(32-26-23(27)16(10-11-28-26)14-34(2)3)12-20(18)31-19-9-7-8-17(24(19)37-5)25-30-15-35(4)33-25/h7-13,15H,6,14H2,1-5H3,(H2,28,29,31,32). The number of nitrogens with zero attached hydrogens (tertiary/aromatic N) is 6. The van der Waals surface area contributed by atoms with Crippen molar-refractivity contribution < 1.29 is 13.9 Å². The van der Waals surface area contributed by atoms with E-state index in [4.69, 9.17) is 4.74 Å². The fraction of sp³-hybridized carbons (Fsp3) is 0.269. The van der Waals surface area contributed by atoms with E-state index >= 15 is 4.39 Å². The van der Waals surface area contributed by atoms with Crippen molar-refractivity contribution in [2.45, 2.75) is 19.9 Å². The zero-order chi connectivity index (χ0) is 26.5. The van der Waals surface area contributed by atoms with Crippen LogP contribution >= 0.6 is 0 Å². The lowest BCUT2D eigenvalue weighted by molar-refractivity contribution is 0.0988. The molecule has 0 unspecified atom stereocenters. The van der Waals surface area contributed by atoms with E-state index in [0.717, 1.165) is 0 Å². The molecule has 10 nitrogen and oxygen atoms in total. The number of rotatable bonds is 10. The molecule has 0 aliphatic rings. The molecule has 37 heavy (non-hydrogen) atoms. The predicted octanol–water partition coefficient (Wildman–Crippen LogP) is 4.56. The van der Waals surface area contributed by atoms with Crippen LogP contribution in [0.4, 0.5) is 27.4 Å². The third-order valence-corrected chi connectivity index (χ3v) is 5.56. The SMILES string of the molecule is CCC(=O)c1cnc(Nc2nccc(CN(C)C)c2F)cc1Nc1cccc(-c2ncn(C)n2)c1OC. The molecule has 0 radical (unpaired) electrons. The molecule has 0 fully saturated rings. The molecule has 3 heterocycles. The van der Waals surface area contributed by atoms with Crippen LogP contribution in [0.25, 0.3) is 11.4 Å². The number of aromatic nitrogens is 5. The normalized spacial score (nSPS) is 11.0. The molecule has 2 N–H and O–H groups in total. The molecule has 0 bridgehead atoms. The molecule has 4 rings (SSSR count). The summed E-state index contributed by atoms with van der Waals surface area (Å²) in [6.07, 6.45) is 4.91. The summed E-state index contributed by atoms with van der Waals surface area (Å²) in [6, 6.07) is 8.80. The fourth-order valence-corrected chi connectivity index (χ4v) is 3.83. The lowest BCUT2D eigenvalue weighted by Gasteiger charge is -2.17. The fourth-order valence-electron chi connectivity index (χ4n) is 3.83. The van der Waals surface area contributed by atoms with Crippen LogP contribution in [0.1, 0.15) is 29.3 Å². The maximum Gasteiger partial charge on any atom is 0.184 e. The number of nitrogens with one attached hydrogen (secondary N) is 2. The number of ketones is 1. The number of pyridine rings is 2. The Bertz CT molecular complexity index is 1420. The lowest BCUT2D eigenvalue weighted by Crippen LogP contribution is -2.13. The van der Waals surface area contributed by atoms with Crippen LogP contribution < -0.4 is 15.4 Å². The molecular formula is C26H29FN8O2. The molecule has 192 valence electrons. The zero-order valence-electron chi connectivity index (χ0n) is 21.4. The highest BCUT2D eigenvalue weighted by atomic mass is 19.1. The molecule has 0 aliphatic heterocycles. The Kier molecular flexibility index (Phi) is 7.73. The summed E-state index contributed by atoms with van der Waals surface area (Å²) in [4.78, 5) is 27.4. The Hall–Kier alpha value is -4.38. The highest BCUT2D eigenvalue weighted by Crippen LogP contribution is 2.37. The first kappa shape index (κ1) is 25.7. The topological polar surface area (TPSA) is 110 Å². The van der Waals surface area contributed by atoms with Gasteiger partial charge in [0.1, 0.15) is 12.1 Å². The number of Topliss-reactive ketones (excluding diaryl/α,β-unsaturated/α-hetero) is 1. The van der Waals surface area contributed by atoms with Gasteiger partial charge in [0.05, 0.1) is 29.6 Å². The Labute approximate surface area is 214 Å². The average Bonchev–Trinajstić information content (AvgIpc) is 3.32. The number of hydrogen-bond acceptors (Lipinski definition) is 9. The number of carbonyl (C=O) groups is 1. The first-order valence-electron chi connectivity index (χ1n) is 11.7. The molecule has 0 aliphatic carbocycles. The summed E-state index contributed by atoms with van der Waals surface area (Å²) >= 11 is 0. The van der Waals surface area contributed by atoms with E-state index in [1.807, 2.05) is 37.2 Å². The van der Waals surface area contributed by atoms with Gasteiger partial charge in [-0.25, -0.2) is 19.3 Å². The minimum atomic E-state index is -0.460. The summed E-state index contributed by atoms with van der Waals surface area (Å²) in [5, 5.41) is 10.6. The summed E-state index contributed by atoms with van der Waals surface area (Å²) in [6.45, 7) is 2.20. The van der Waals surface area contributed by atoms with Gasteiger partial charge >= 0.3 is 0 Å². The molecular weight excluding hydrogens is 475 g/mol. The Morgan fingerprint density at radius 1 is 1.14 bits per heavy atom. The van der Waals surface area contributed by atoms with Crippen molar-refractivity contribution in [1.29, 1.82) is 0 Å². The Balaban J connectivity index is 1.72. The molecule has 0 amide bonds. The van der Waals surface area contributed by atoms with Gasteiger partial charge in [-0.1, -0.05) is 13.0 Å². The van der Waals surface area contributed by atoms with Gasteiger partial charge in [-0.2, -0.15) is 5.10 Å². The first-order valence-corrected chi connectivity index (χ1v) is 11.7. The lowest BCUT2D eigenvalue weighted by atomic mass is 10.1. The van der Waals surface area contributed by atoms with Crippen LogP contribution in [0.2, 0.25) is 0 Å². The quantitative estimate of drug-likeness (QED) is 0.300. The number of methoxy groups -OCH3 is 1. The third-order valence-electron chi connectivity index (χ3n) is 5.56. The number of carbonyl (C=O) groups excluding carboxylic acids is 1. The number of benzene rings is 1. The van der Waals surface area contributed by atoms with Gasteiger partial charge in [-0.3, -0.25) is 9.48 Å². The molecule has 0 saturated heterocycles. The molecule has 1 aromatic carbocycles. The minimum Gasteiger partial charge on any atom is -0.494 e. The molecule has 0 atom stereocenters. The van der Waals surface area contributed by atoms with Gasteiger partial charge in [-0.05, 0) is 32.3 Å². The Morgan fingerprint density at radius 2 is 1.95 bits per heavy atom. The zero-order valence-corrected chi connectivity index (χ0v) is 21.4. The van der Waals surface area contributed by atoms with E-state index in [1.165, 1.54) is 6.20 Å². The maximum atomic E-state index is 15.1. The van der Waals surface area contributed by atoms with E-state index in [9.17, 15) is 4.79 Å². The van der Waals surface area contributed by atoms with Crippen LogP contribution in [0, 0.1) is 5.82 Å². The van der Waals surface area contributed by atoms with Crippen molar-refractivity contribution in [1.82, 2.24) is 29.6 Å². The van der Waals surface area contributed by atoms with Crippen molar-refractivity contribution in [2.24, 2.45) is 7.05 Å². The molecule has 0 saturated carbocycles. The molecule has 11 heteroatoms. The largest absolute Gasteiger partial charge is 0.494 e. The van der Waals surface area contributed by atoms with Crippen molar-refractivity contribution in [3.8, 4) is 17.1 Å². The number of ether oxygens (including phenoxy) is 1. The number of aryl methyl sites for hydroxylation is 1. The number of para-hydroxylation sites is 1. The Morgan fingerprint density at radius 3 is 2.62 bits per heavy atom. The van der Waals surface area contributed by atoms with Gasteiger partial charge < -0.3 is 20.3 Å². The highest BCUT2D eigenvalue weighted by Gasteiger charge is 2.18.